The summed E-state index contributed by atoms with van der Waals surface area (Å²) in [5, 5.41) is 0. The third-order valence-electron chi connectivity index (χ3n) is 5.15. The van der Waals surface area contributed by atoms with Crippen molar-refractivity contribution >= 4 is 5.69 Å². The Morgan fingerprint density at radius 1 is 0.870 bits per heavy atom. The lowest BCUT2D eigenvalue weighted by molar-refractivity contribution is 0.248. The molecule has 0 aliphatic carbocycles. The zero-order valence-corrected chi connectivity index (χ0v) is 15.2. The van der Waals surface area contributed by atoms with Gasteiger partial charge >= 0.3 is 0 Å². The minimum atomic E-state index is 0.909. The van der Waals surface area contributed by atoms with Crippen molar-refractivity contribution in [1.29, 1.82) is 0 Å². The molecule has 0 unspecified atom stereocenters. The van der Waals surface area contributed by atoms with Gasteiger partial charge in [0.15, 0.2) is 0 Å². The van der Waals surface area contributed by atoms with E-state index >= 15 is 0 Å². The van der Waals surface area contributed by atoms with E-state index in [2.05, 4.69) is 24.0 Å². The fraction of sp³-hybridized carbons (Fsp3) is 0.714. The van der Waals surface area contributed by atoms with Crippen LogP contribution in [0.3, 0.4) is 0 Å². The second kappa shape index (κ2) is 10.7. The molecule has 2 rings (SSSR count). The van der Waals surface area contributed by atoms with Crippen LogP contribution in [-0.2, 0) is 13.0 Å². The number of hydrogen-bond donors (Lipinski definition) is 1. The van der Waals surface area contributed by atoms with Crippen LogP contribution < -0.4 is 5.73 Å². The van der Waals surface area contributed by atoms with Crippen LogP contribution >= 0.6 is 0 Å². The lowest BCUT2D eigenvalue weighted by Crippen LogP contribution is -2.31. The molecule has 0 saturated heterocycles. The SMILES string of the molecule is CCCCCCCCCCCCN1CCc2cc(N)ccc2C1. The zero-order valence-electron chi connectivity index (χ0n) is 15.2. The largest absolute Gasteiger partial charge is 0.399 e. The van der Waals surface area contributed by atoms with Crippen LogP contribution in [0.2, 0.25) is 0 Å². The lowest BCUT2D eigenvalue weighted by Gasteiger charge is -2.28. The average molecular weight is 317 g/mol. The predicted octanol–water partition coefficient (Wildman–Crippen LogP) is 5.55. The second-order valence-corrected chi connectivity index (χ2v) is 7.24. The number of nitrogens with two attached hydrogens (primary N) is 1. The Bertz CT molecular complexity index is 441. The fourth-order valence-corrected chi connectivity index (χ4v) is 3.65. The molecule has 1 aliphatic heterocycles. The van der Waals surface area contributed by atoms with Gasteiger partial charge in [-0.2, -0.15) is 0 Å². The molecule has 0 fully saturated rings. The number of anilines is 1. The molecule has 1 heterocycles. The maximum Gasteiger partial charge on any atom is 0.0316 e. The Kier molecular flexibility index (Phi) is 8.52. The average Bonchev–Trinajstić information content (AvgIpc) is 2.56. The molecule has 1 aromatic carbocycles. The van der Waals surface area contributed by atoms with Crippen LogP contribution in [0.4, 0.5) is 5.69 Å². The molecule has 2 heteroatoms. The van der Waals surface area contributed by atoms with Crippen molar-refractivity contribution in [2.24, 2.45) is 0 Å². The maximum atomic E-state index is 5.87. The highest BCUT2D eigenvalue weighted by Gasteiger charge is 2.15. The third kappa shape index (κ3) is 6.95. The van der Waals surface area contributed by atoms with E-state index in [9.17, 15) is 0 Å². The topological polar surface area (TPSA) is 29.3 Å². The number of nitrogen functional groups attached to an aromatic ring is 1. The zero-order chi connectivity index (χ0) is 16.3. The Morgan fingerprint density at radius 2 is 1.52 bits per heavy atom. The molecule has 0 saturated carbocycles. The Balaban J connectivity index is 1.49. The second-order valence-electron chi connectivity index (χ2n) is 7.24. The Hall–Kier alpha value is -1.02. The lowest BCUT2D eigenvalue weighted by atomic mass is 9.99. The minimum Gasteiger partial charge on any atom is -0.399 e. The molecular formula is C21H36N2. The van der Waals surface area contributed by atoms with Gasteiger partial charge < -0.3 is 5.73 Å². The molecule has 0 spiro atoms. The van der Waals surface area contributed by atoms with E-state index in [0.29, 0.717) is 0 Å². The summed E-state index contributed by atoms with van der Waals surface area (Å²) < 4.78 is 0. The van der Waals surface area contributed by atoms with Crippen LogP contribution in [-0.4, -0.2) is 18.0 Å². The summed E-state index contributed by atoms with van der Waals surface area (Å²) in [6.07, 6.45) is 15.4. The van der Waals surface area contributed by atoms with Gasteiger partial charge in [-0.1, -0.05) is 70.8 Å². The first-order valence-electron chi connectivity index (χ1n) is 9.89. The van der Waals surface area contributed by atoms with E-state index in [4.69, 9.17) is 5.73 Å². The Morgan fingerprint density at radius 3 is 2.22 bits per heavy atom. The van der Waals surface area contributed by atoms with Crippen molar-refractivity contribution in [3.63, 3.8) is 0 Å². The van der Waals surface area contributed by atoms with E-state index < -0.39 is 0 Å². The van der Waals surface area contributed by atoms with Crippen LogP contribution in [0.5, 0.6) is 0 Å². The van der Waals surface area contributed by atoms with Gasteiger partial charge in [0.25, 0.3) is 0 Å². The highest BCUT2D eigenvalue weighted by molar-refractivity contribution is 5.45. The number of unbranched alkanes of at least 4 members (excludes halogenated alkanes) is 9. The van der Waals surface area contributed by atoms with Crippen molar-refractivity contribution in [2.45, 2.75) is 84.1 Å². The molecule has 0 radical (unpaired) electrons. The molecule has 130 valence electrons. The fourth-order valence-electron chi connectivity index (χ4n) is 3.65. The molecule has 0 amide bonds. The van der Waals surface area contributed by atoms with Gasteiger partial charge in [-0.05, 0) is 42.6 Å². The van der Waals surface area contributed by atoms with E-state index in [0.717, 1.165) is 18.7 Å². The summed E-state index contributed by atoms with van der Waals surface area (Å²) in [7, 11) is 0. The molecule has 2 N–H and O–H groups in total. The van der Waals surface area contributed by atoms with Crippen LogP contribution in [0.25, 0.3) is 0 Å². The first kappa shape index (κ1) is 18.3. The van der Waals surface area contributed by atoms with E-state index in [1.807, 2.05) is 6.07 Å². The number of benzene rings is 1. The van der Waals surface area contributed by atoms with Crippen molar-refractivity contribution in [2.75, 3.05) is 18.8 Å². The Labute approximate surface area is 143 Å². The van der Waals surface area contributed by atoms with Gasteiger partial charge in [-0.25, -0.2) is 0 Å². The molecule has 0 aromatic heterocycles. The molecule has 1 aromatic rings. The summed E-state index contributed by atoms with van der Waals surface area (Å²) >= 11 is 0. The van der Waals surface area contributed by atoms with Gasteiger partial charge in [-0.15, -0.1) is 0 Å². The summed E-state index contributed by atoms with van der Waals surface area (Å²) in [5.41, 5.74) is 9.73. The van der Waals surface area contributed by atoms with E-state index in [-0.39, 0.29) is 0 Å². The van der Waals surface area contributed by atoms with Gasteiger partial charge in [0, 0.05) is 18.8 Å². The monoisotopic (exact) mass is 316 g/mol. The third-order valence-corrected chi connectivity index (χ3v) is 5.15. The normalized spacial score (nSPS) is 14.8. The van der Waals surface area contributed by atoms with E-state index in [1.165, 1.54) is 88.4 Å². The molecule has 2 nitrogen and oxygen atoms in total. The smallest absolute Gasteiger partial charge is 0.0316 e. The van der Waals surface area contributed by atoms with Crippen molar-refractivity contribution < 1.29 is 0 Å². The highest BCUT2D eigenvalue weighted by atomic mass is 15.1. The number of nitrogens with zero attached hydrogens (tertiary/aromatic N) is 1. The quantitative estimate of drug-likeness (QED) is 0.428. The van der Waals surface area contributed by atoms with E-state index in [1.54, 1.807) is 0 Å². The summed E-state index contributed by atoms with van der Waals surface area (Å²) in [4.78, 5) is 2.61. The standard InChI is InChI=1S/C21H36N2/c1-2-3-4-5-6-7-8-9-10-11-15-23-16-14-19-17-21(22)13-12-20(19)18-23/h12-13,17H,2-11,14-16,18,22H2,1H3. The number of rotatable bonds is 11. The van der Waals surface area contributed by atoms with Crippen LogP contribution in [0, 0.1) is 0 Å². The molecule has 0 bridgehead atoms. The number of hydrogen-bond acceptors (Lipinski definition) is 2. The first-order valence-corrected chi connectivity index (χ1v) is 9.89. The predicted molar refractivity (Wildman–Crippen MR) is 102 cm³/mol. The van der Waals surface area contributed by atoms with Crippen molar-refractivity contribution in [3.05, 3.63) is 29.3 Å². The van der Waals surface area contributed by atoms with Gasteiger partial charge in [0.2, 0.25) is 0 Å². The molecular weight excluding hydrogens is 280 g/mol. The molecule has 0 atom stereocenters. The van der Waals surface area contributed by atoms with Gasteiger partial charge in [-0.3, -0.25) is 4.90 Å². The van der Waals surface area contributed by atoms with Gasteiger partial charge in [0.05, 0.1) is 0 Å². The van der Waals surface area contributed by atoms with Crippen LogP contribution in [0.1, 0.15) is 82.3 Å². The molecule has 23 heavy (non-hydrogen) atoms. The number of fused-ring (bicyclic) bond motifs is 1. The first-order chi connectivity index (χ1) is 11.3. The van der Waals surface area contributed by atoms with Crippen molar-refractivity contribution in [1.82, 2.24) is 4.90 Å². The van der Waals surface area contributed by atoms with Crippen LogP contribution in [0.15, 0.2) is 18.2 Å². The molecule has 1 aliphatic rings. The van der Waals surface area contributed by atoms with Gasteiger partial charge in [0.1, 0.15) is 0 Å². The summed E-state index contributed by atoms with van der Waals surface area (Å²) in [5.74, 6) is 0. The van der Waals surface area contributed by atoms with Crippen molar-refractivity contribution in [3.8, 4) is 0 Å². The summed E-state index contributed by atoms with van der Waals surface area (Å²) in [6, 6.07) is 6.42. The minimum absolute atomic E-state index is 0.909. The highest BCUT2D eigenvalue weighted by Crippen LogP contribution is 2.21. The maximum absolute atomic E-state index is 5.87. The summed E-state index contributed by atoms with van der Waals surface area (Å²) in [6.45, 7) is 5.87.